The molecule has 136 valence electrons. The highest BCUT2D eigenvalue weighted by Gasteiger charge is 2.16. The molecule has 7 heteroatoms. The zero-order valence-electron chi connectivity index (χ0n) is 14.5. The van der Waals surface area contributed by atoms with Crippen LogP contribution in [0.1, 0.15) is 18.9 Å². The predicted octanol–water partition coefficient (Wildman–Crippen LogP) is 3.76. The highest BCUT2D eigenvalue weighted by atomic mass is 16.4. The number of hydrogen-bond donors (Lipinski definition) is 1. The minimum absolute atomic E-state index is 0. The van der Waals surface area contributed by atoms with Crippen LogP contribution in [-0.2, 0) is 0 Å². The lowest BCUT2D eigenvalue weighted by molar-refractivity contribution is 0.100. The van der Waals surface area contributed by atoms with E-state index < -0.39 is 5.91 Å². The Kier molecular flexibility index (Phi) is 4.18. The van der Waals surface area contributed by atoms with Gasteiger partial charge in [0.15, 0.2) is 0 Å². The Bertz CT molecular complexity index is 1130. The summed E-state index contributed by atoms with van der Waals surface area (Å²) in [5, 5.41) is 8.21. The van der Waals surface area contributed by atoms with Gasteiger partial charge in [0.25, 0.3) is 5.89 Å². The van der Waals surface area contributed by atoms with Gasteiger partial charge >= 0.3 is 0 Å². The third-order valence-corrected chi connectivity index (χ3v) is 4.05. The Morgan fingerprint density at radius 2 is 1.74 bits per heavy atom. The monoisotopic (exact) mass is 361 g/mol. The number of nitrogens with two attached hydrogens (primary N) is 1. The minimum atomic E-state index is -0.499. The molecule has 2 N–H and O–H groups in total. The summed E-state index contributed by atoms with van der Waals surface area (Å²) in [6, 6.07) is 16.4. The van der Waals surface area contributed by atoms with E-state index >= 15 is 0 Å². The SMILES string of the molecule is Cc1ncc(-c2cccc(C(N)=O)c2)nc1-c1nnc(-c2ccccc2)o1.[HH].[HH]. The fourth-order valence-corrected chi connectivity index (χ4v) is 2.64. The van der Waals surface area contributed by atoms with Crippen molar-refractivity contribution in [2.75, 3.05) is 0 Å². The first kappa shape index (κ1) is 16.6. The van der Waals surface area contributed by atoms with Crippen LogP contribution in [0.5, 0.6) is 0 Å². The molecule has 1 amide bonds. The first-order valence-corrected chi connectivity index (χ1v) is 8.25. The van der Waals surface area contributed by atoms with Crippen molar-refractivity contribution in [3.63, 3.8) is 0 Å². The van der Waals surface area contributed by atoms with Crippen molar-refractivity contribution in [1.29, 1.82) is 0 Å². The number of amides is 1. The van der Waals surface area contributed by atoms with Gasteiger partial charge in [-0.2, -0.15) is 0 Å². The topological polar surface area (TPSA) is 108 Å². The average Bonchev–Trinajstić information content (AvgIpc) is 3.19. The van der Waals surface area contributed by atoms with Crippen molar-refractivity contribution in [2.24, 2.45) is 5.73 Å². The van der Waals surface area contributed by atoms with Gasteiger partial charge in [-0.25, -0.2) is 4.98 Å². The van der Waals surface area contributed by atoms with E-state index in [0.29, 0.717) is 28.5 Å². The molecule has 0 saturated heterocycles. The highest BCUT2D eigenvalue weighted by Crippen LogP contribution is 2.26. The Balaban J connectivity index is 0.00000150. The highest BCUT2D eigenvalue weighted by molar-refractivity contribution is 5.94. The lowest BCUT2D eigenvalue weighted by Gasteiger charge is -2.05. The summed E-state index contributed by atoms with van der Waals surface area (Å²) in [6.45, 7) is 1.82. The van der Waals surface area contributed by atoms with Crippen LogP contribution in [0.3, 0.4) is 0 Å². The van der Waals surface area contributed by atoms with Crippen LogP contribution in [0.15, 0.2) is 65.2 Å². The van der Waals surface area contributed by atoms with Crippen LogP contribution >= 0.6 is 0 Å². The molecule has 0 saturated carbocycles. The van der Waals surface area contributed by atoms with Gasteiger partial charge in [0, 0.05) is 19.5 Å². The van der Waals surface area contributed by atoms with Gasteiger partial charge in [-0.1, -0.05) is 30.3 Å². The van der Waals surface area contributed by atoms with Crippen molar-refractivity contribution >= 4 is 5.91 Å². The summed E-state index contributed by atoms with van der Waals surface area (Å²) in [7, 11) is 0. The summed E-state index contributed by atoms with van der Waals surface area (Å²) in [6.07, 6.45) is 1.63. The number of aryl methyl sites for hydroxylation is 1. The third-order valence-electron chi connectivity index (χ3n) is 4.05. The molecule has 0 aliphatic carbocycles. The van der Waals surface area contributed by atoms with E-state index in [1.54, 1.807) is 24.4 Å². The number of hydrogen-bond acceptors (Lipinski definition) is 6. The zero-order chi connectivity index (χ0) is 18.8. The Hall–Kier alpha value is -3.87. The molecule has 2 aromatic heterocycles. The van der Waals surface area contributed by atoms with Gasteiger partial charge in [-0.15, -0.1) is 10.2 Å². The molecule has 0 atom stereocenters. The summed E-state index contributed by atoms with van der Waals surface area (Å²) < 4.78 is 5.79. The largest absolute Gasteiger partial charge is 0.415 e. The lowest BCUT2D eigenvalue weighted by atomic mass is 10.1. The van der Waals surface area contributed by atoms with Crippen LogP contribution in [-0.4, -0.2) is 26.1 Å². The number of carbonyl (C=O) groups excluding carboxylic acids is 1. The molecule has 2 heterocycles. The van der Waals surface area contributed by atoms with Crippen LogP contribution < -0.4 is 5.73 Å². The van der Waals surface area contributed by atoms with Crippen molar-refractivity contribution in [3.05, 3.63) is 72.1 Å². The molecular formula is C20H19N5O2. The maximum Gasteiger partial charge on any atom is 0.268 e. The molecule has 7 nitrogen and oxygen atoms in total. The minimum Gasteiger partial charge on any atom is -0.415 e. The van der Waals surface area contributed by atoms with Gasteiger partial charge in [0.1, 0.15) is 5.69 Å². The molecule has 27 heavy (non-hydrogen) atoms. The van der Waals surface area contributed by atoms with E-state index in [-0.39, 0.29) is 8.74 Å². The standard InChI is InChI=1S/C20H15N5O2.2H2/c1-12-17(20-25-24-19(27-20)13-6-3-2-4-7-13)23-16(11-22-12)14-8-5-9-15(10-14)18(21)26;;/h2-11H,1H3,(H2,21,26);2*1H. The van der Waals surface area contributed by atoms with E-state index in [1.165, 1.54) is 0 Å². The number of rotatable bonds is 4. The Morgan fingerprint density at radius 3 is 2.52 bits per heavy atom. The fourth-order valence-electron chi connectivity index (χ4n) is 2.64. The fraction of sp³-hybridized carbons (Fsp3) is 0.0500. The second-order valence-electron chi connectivity index (χ2n) is 5.91. The molecule has 0 spiro atoms. The van der Waals surface area contributed by atoms with Gasteiger partial charge < -0.3 is 10.2 Å². The van der Waals surface area contributed by atoms with Gasteiger partial charge in [-0.3, -0.25) is 9.78 Å². The van der Waals surface area contributed by atoms with Gasteiger partial charge in [0.2, 0.25) is 11.8 Å². The molecular weight excluding hydrogens is 342 g/mol. The molecule has 0 unspecified atom stereocenters. The first-order valence-electron chi connectivity index (χ1n) is 8.25. The number of nitrogens with zero attached hydrogens (tertiary/aromatic N) is 4. The number of primary amides is 1. The maximum atomic E-state index is 11.4. The summed E-state index contributed by atoms with van der Waals surface area (Å²) >= 11 is 0. The molecule has 0 aliphatic rings. The second-order valence-corrected chi connectivity index (χ2v) is 5.91. The van der Waals surface area contributed by atoms with Crippen LogP contribution in [0.2, 0.25) is 0 Å². The summed E-state index contributed by atoms with van der Waals surface area (Å²) in [4.78, 5) is 20.4. The van der Waals surface area contributed by atoms with Gasteiger partial charge in [0.05, 0.1) is 17.6 Å². The van der Waals surface area contributed by atoms with Crippen molar-refractivity contribution in [3.8, 4) is 34.3 Å². The second kappa shape index (κ2) is 6.80. The molecule has 0 radical (unpaired) electrons. The first-order chi connectivity index (χ1) is 13.1. The molecule has 2 aromatic carbocycles. The smallest absolute Gasteiger partial charge is 0.268 e. The normalized spacial score (nSPS) is 10.7. The van der Waals surface area contributed by atoms with E-state index in [4.69, 9.17) is 10.2 Å². The average molecular weight is 361 g/mol. The predicted molar refractivity (Wildman–Crippen MR) is 104 cm³/mol. The van der Waals surface area contributed by atoms with Crippen LogP contribution in [0, 0.1) is 6.92 Å². The zero-order valence-corrected chi connectivity index (χ0v) is 14.5. The van der Waals surface area contributed by atoms with E-state index in [1.807, 2.05) is 43.3 Å². The molecule has 4 rings (SSSR count). The molecule has 0 aliphatic heterocycles. The number of carbonyl (C=O) groups is 1. The van der Waals surface area contributed by atoms with Crippen LogP contribution in [0.25, 0.3) is 34.3 Å². The van der Waals surface area contributed by atoms with Crippen molar-refractivity contribution in [1.82, 2.24) is 20.2 Å². The number of benzene rings is 2. The van der Waals surface area contributed by atoms with Crippen molar-refractivity contribution in [2.45, 2.75) is 6.92 Å². The molecule has 0 fully saturated rings. The Labute approximate surface area is 157 Å². The van der Waals surface area contributed by atoms with E-state index in [0.717, 1.165) is 11.1 Å². The summed E-state index contributed by atoms with van der Waals surface area (Å²) in [5.74, 6) is 0.196. The summed E-state index contributed by atoms with van der Waals surface area (Å²) in [5.41, 5.74) is 9.04. The van der Waals surface area contributed by atoms with Crippen molar-refractivity contribution < 1.29 is 12.1 Å². The molecule has 4 aromatic rings. The number of aromatic nitrogens is 4. The maximum absolute atomic E-state index is 11.4. The van der Waals surface area contributed by atoms with Crippen LogP contribution in [0.4, 0.5) is 0 Å². The van der Waals surface area contributed by atoms with Gasteiger partial charge in [-0.05, 0) is 31.2 Å². The molecule has 0 bridgehead atoms. The van der Waals surface area contributed by atoms with E-state index in [2.05, 4.69) is 20.2 Å². The Morgan fingerprint density at radius 1 is 1.00 bits per heavy atom. The lowest BCUT2D eigenvalue weighted by Crippen LogP contribution is -2.10. The third kappa shape index (κ3) is 3.30. The van der Waals surface area contributed by atoms with E-state index in [9.17, 15) is 4.79 Å². The quantitative estimate of drug-likeness (QED) is 0.593.